The van der Waals surface area contributed by atoms with E-state index in [4.69, 9.17) is 0 Å². The van der Waals surface area contributed by atoms with Crippen LogP contribution in [0.1, 0.15) is 5.82 Å². The minimum atomic E-state index is -0.805. The van der Waals surface area contributed by atoms with Gasteiger partial charge < -0.3 is 15.1 Å². The summed E-state index contributed by atoms with van der Waals surface area (Å²) in [6.07, 6.45) is 5.16. The average molecular weight is 399 g/mol. The van der Waals surface area contributed by atoms with Gasteiger partial charge in [0.05, 0.1) is 5.69 Å². The van der Waals surface area contributed by atoms with Crippen molar-refractivity contribution in [3.05, 3.63) is 60.4 Å². The van der Waals surface area contributed by atoms with Crippen molar-refractivity contribution >= 4 is 17.5 Å². The Hall–Kier alpha value is -3.56. The zero-order chi connectivity index (χ0) is 20.4. The average Bonchev–Trinajstić information content (AvgIpc) is 3.25. The van der Waals surface area contributed by atoms with Gasteiger partial charge in [-0.15, -0.1) is 0 Å². The first kappa shape index (κ1) is 18.8. The number of rotatable bonds is 3. The van der Waals surface area contributed by atoms with Crippen molar-refractivity contribution < 1.29 is 13.6 Å². The first-order chi connectivity index (χ1) is 14.0. The number of carbonyl (C=O) groups excluding carboxylic acids is 1. The number of hydrogen-bond donors (Lipinski definition) is 1. The summed E-state index contributed by atoms with van der Waals surface area (Å²) in [6.45, 7) is 3.85. The van der Waals surface area contributed by atoms with E-state index in [0.29, 0.717) is 32.0 Å². The van der Waals surface area contributed by atoms with E-state index in [9.17, 15) is 13.6 Å². The van der Waals surface area contributed by atoms with Gasteiger partial charge in [-0.1, -0.05) is 0 Å². The number of nitrogens with zero attached hydrogens (tertiary/aromatic N) is 6. The van der Waals surface area contributed by atoms with Crippen LogP contribution < -0.4 is 10.2 Å². The van der Waals surface area contributed by atoms with E-state index >= 15 is 0 Å². The summed E-state index contributed by atoms with van der Waals surface area (Å²) in [5.41, 5.74) is -0.0461. The lowest BCUT2D eigenvalue weighted by molar-refractivity contribution is 0.208. The monoisotopic (exact) mass is 399 g/mol. The van der Waals surface area contributed by atoms with E-state index < -0.39 is 17.7 Å². The maximum absolute atomic E-state index is 13.8. The minimum absolute atomic E-state index is 0.0461. The van der Waals surface area contributed by atoms with Gasteiger partial charge >= 0.3 is 6.03 Å². The molecule has 1 aliphatic rings. The summed E-state index contributed by atoms with van der Waals surface area (Å²) in [5.74, 6) is 0.630. The summed E-state index contributed by atoms with van der Waals surface area (Å²) in [5, 5.41) is 2.49. The fourth-order valence-electron chi connectivity index (χ4n) is 3.15. The fraction of sp³-hybridized carbons (Fsp3) is 0.263. The molecule has 1 aliphatic heterocycles. The van der Waals surface area contributed by atoms with Gasteiger partial charge in [0.15, 0.2) is 0 Å². The summed E-state index contributed by atoms with van der Waals surface area (Å²) >= 11 is 0. The molecule has 3 aromatic rings. The number of halogens is 2. The normalized spacial score (nSPS) is 14.2. The van der Waals surface area contributed by atoms with Crippen molar-refractivity contribution in [3.8, 4) is 5.82 Å². The zero-order valence-corrected chi connectivity index (χ0v) is 15.7. The Kier molecular flexibility index (Phi) is 5.07. The van der Waals surface area contributed by atoms with Crippen molar-refractivity contribution in [3.63, 3.8) is 0 Å². The van der Waals surface area contributed by atoms with Crippen LogP contribution in [0.25, 0.3) is 5.82 Å². The van der Waals surface area contributed by atoms with Gasteiger partial charge in [0.1, 0.15) is 35.4 Å². The summed E-state index contributed by atoms with van der Waals surface area (Å²) in [7, 11) is 0. The van der Waals surface area contributed by atoms with E-state index in [2.05, 4.69) is 25.2 Å². The van der Waals surface area contributed by atoms with Crippen LogP contribution in [-0.4, -0.2) is 56.6 Å². The first-order valence-corrected chi connectivity index (χ1v) is 9.09. The molecule has 1 fully saturated rings. The Morgan fingerprint density at radius 1 is 1.07 bits per heavy atom. The Labute approximate surface area is 165 Å². The molecule has 2 amide bonds. The number of nitrogens with one attached hydrogen (secondary N) is 1. The molecular formula is C19H19F2N7O. The molecule has 0 aliphatic carbocycles. The van der Waals surface area contributed by atoms with Gasteiger partial charge in [-0.05, 0) is 19.1 Å². The molecule has 4 rings (SSSR count). The SMILES string of the molecule is Cc1nc(N2CCN(C(=O)Nc3ccc(F)cc3F)CC2)cc(-n2ccnc2)n1. The van der Waals surface area contributed by atoms with Crippen LogP contribution >= 0.6 is 0 Å². The van der Waals surface area contributed by atoms with Crippen LogP contribution in [-0.2, 0) is 0 Å². The summed E-state index contributed by atoms with van der Waals surface area (Å²) in [6, 6.07) is 4.50. The molecule has 2 aromatic heterocycles. The maximum atomic E-state index is 13.8. The van der Waals surface area contributed by atoms with Crippen LogP contribution in [0.5, 0.6) is 0 Å². The van der Waals surface area contributed by atoms with Gasteiger partial charge in [-0.2, -0.15) is 0 Å². The highest BCUT2D eigenvalue weighted by atomic mass is 19.1. The van der Waals surface area contributed by atoms with Crippen LogP contribution in [0.2, 0.25) is 0 Å². The lowest BCUT2D eigenvalue weighted by Gasteiger charge is -2.35. The predicted octanol–water partition coefficient (Wildman–Crippen LogP) is 2.60. The van der Waals surface area contributed by atoms with E-state index in [1.165, 1.54) is 6.07 Å². The predicted molar refractivity (Wildman–Crippen MR) is 103 cm³/mol. The molecule has 0 atom stereocenters. The number of piperazine rings is 1. The summed E-state index contributed by atoms with van der Waals surface area (Å²) < 4.78 is 28.6. The Balaban J connectivity index is 1.41. The molecule has 0 radical (unpaired) electrons. The number of carbonyl (C=O) groups is 1. The molecule has 10 heteroatoms. The Bertz CT molecular complexity index is 1020. The molecule has 1 saturated heterocycles. The van der Waals surface area contributed by atoms with Crippen LogP contribution in [0.15, 0.2) is 43.0 Å². The smallest absolute Gasteiger partial charge is 0.322 e. The molecular weight excluding hydrogens is 380 g/mol. The molecule has 0 bridgehead atoms. The van der Waals surface area contributed by atoms with Crippen LogP contribution in [0, 0.1) is 18.6 Å². The van der Waals surface area contributed by atoms with E-state index in [1.54, 1.807) is 22.0 Å². The molecule has 1 aromatic carbocycles. The third-order valence-corrected chi connectivity index (χ3v) is 4.64. The van der Waals surface area contributed by atoms with Crippen LogP contribution in [0.3, 0.4) is 0 Å². The number of hydrogen-bond acceptors (Lipinski definition) is 5. The van der Waals surface area contributed by atoms with Crippen molar-refractivity contribution in [2.24, 2.45) is 0 Å². The second kappa shape index (κ2) is 7.82. The Morgan fingerprint density at radius 2 is 1.83 bits per heavy atom. The highest BCUT2D eigenvalue weighted by Crippen LogP contribution is 2.19. The lowest BCUT2D eigenvalue weighted by Crippen LogP contribution is -2.50. The third kappa shape index (κ3) is 4.15. The number of benzene rings is 1. The molecule has 0 unspecified atom stereocenters. The van der Waals surface area contributed by atoms with E-state index in [1.807, 2.05) is 19.2 Å². The third-order valence-electron chi connectivity index (χ3n) is 4.64. The largest absolute Gasteiger partial charge is 0.353 e. The maximum Gasteiger partial charge on any atom is 0.322 e. The number of anilines is 2. The molecule has 1 N–H and O–H groups in total. The van der Waals surface area contributed by atoms with Gasteiger partial charge in [0.25, 0.3) is 0 Å². The fourth-order valence-corrected chi connectivity index (χ4v) is 3.15. The lowest BCUT2D eigenvalue weighted by atomic mass is 10.3. The topological polar surface area (TPSA) is 79.2 Å². The number of aryl methyl sites for hydroxylation is 1. The number of urea groups is 1. The number of amides is 2. The minimum Gasteiger partial charge on any atom is -0.353 e. The van der Waals surface area contributed by atoms with Crippen molar-refractivity contribution in [1.29, 1.82) is 0 Å². The zero-order valence-electron chi connectivity index (χ0n) is 15.7. The van der Waals surface area contributed by atoms with Gasteiger partial charge in [0, 0.05) is 50.7 Å². The van der Waals surface area contributed by atoms with Gasteiger partial charge in [-0.25, -0.2) is 28.5 Å². The number of imidazole rings is 1. The second-order valence-electron chi connectivity index (χ2n) is 6.63. The molecule has 150 valence electrons. The van der Waals surface area contributed by atoms with E-state index in [-0.39, 0.29) is 5.69 Å². The van der Waals surface area contributed by atoms with Crippen molar-refractivity contribution in [2.75, 3.05) is 36.4 Å². The molecule has 29 heavy (non-hydrogen) atoms. The molecule has 8 nitrogen and oxygen atoms in total. The highest BCUT2D eigenvalue weighted by Gasteiger charge is 2.23. The van der Waals surface area contributed by atoms with Crippen LogP contribution in [0.4, 0.5) is 25.1 Å². The van der Waals surface area contributed by atoms with Crippen molar-refractivity contribution in [2.45, 2.75) is 6.92 Å². The molecule has 3 heterocycles. The van der Waals surface area contributed by atoms with Gasteiger partial charge in [0.2, 0.25) is 0 Å². The van der Waals surface area contributed by atoms with E-state index in [0.717, 1.165) is 23.8 Å². The second-order valence-corrected chi connectivity index (χ2v) is 6.63. The summed E-state index contributed by atoms with van der Waals surface area (Å²) in [4.78, 5) is 29.0. The number of aromatic nitrogens is 4. The van der Waals surface area contributed by atoms with Gasteiger partial charge in [-0.3, -0.25) is 4.57 Å². The standard InChI is InChI=1S/C19H19F2N7O/c1-13-23-17(11-18(24-13)28-5-4-22-12-28)26-6-8-27(9-7-26)19(29)25-16-3-2-14(20)10-15(16)21/h2-5,10-12H,6-9H2,1H3,(H,25,29). The Morgan fingerprint density at radius 3 is 2.52 bits per heavy atom. The quantitative estimate of drug-likeness (QED) is 0.733. The highest BCUT2D eigenvalue weighted by molar-refractivity contribution is 5.89. The first-order valence-electron chi connectivity index (χ1n) is 9.09. The molecule has 0 spiro atoms. The van der Waals surface area contributed by atoms with Crippen molar-refractivity contribution in [1.82, 2.24) is 24.4 Å². The molecule has 0 saturated carbocycles.